The molecule has 3 atom stereocenters. The van der Waals surface area contributed by atoms with Crippen LogP contribution in [-0.4, -0.2) is 25.0 Å². The lowest BCUT2D eigenvalue weighted by atomic mass is 9.74. The number of carbonyl (C=O) groups is 1. The van der Waals surface area contributed by atoms with Crippen molar-refractivity contribution in [3.05, 3.63) is 11.1 Å². The highest BCUT2D eigenvalue weighted by atomic mass is 16.1. The van der Waals surface area contributed by atoms with E-state index in [0.717, 1.165) is 31.0 Å². The van der Waals surface area contributed by atoms with Crippen molar-refractivity contribution in [3.8, 4) is 0 Å². The Hall–Kier alpha value is -0.830. The van der Waals surface area contributed by atoms with Gasteiger partial charge in [-0.15, -0.1) is 0 Å². The zero-order chi connectivity index (χ0) is 14.0. The number of nitrogens with one attached hydrogen (secondary N) is 2. The molecule has 1 saturated heterocycles. The Labute approximate surface area is 117 Å². The Balaban J connectivity index is 2.00. The Morgan fingerprint density at radius 3 is 2.53 bits per heavy atom. The highest BCUT2D eigenvalue weighted by Gasteiger charge is 2.32. The zero-order valence-corrected chi connectivity index (χ0v) is 12.8. The van der Waals surface area contributed by atoms with E-state index in [1.54, 1.807) is 0 Å². The quantitative estimate of drug-likeness (QED) is 0.769. The first-order valence-electron chi connectivity index (χ1n) is 7.69. The van der Waals surface area contributed by atoms with E-state index in [2.05, 4.69) is 31.4 Å². The van der Waals surface area contributed by atoms with E-state index in [1.165, 1.54) is 18.4 Å². The summed E-state index contributed by atoms with van der Waals surface area (Å²) in [6.07, 6.45) is 3.69. The van der Waals surface area contributed by atoms with E-state index in [-0.39, 0.29) is 5.91 Å². The lowest BCUT2D eigenvalue weighted by Crippen LogP contribution is -2.47. The molecule has 1 aliphatic carbocycles. The van der Waals surface area contributed by atoms with Crippen LogP contribution in [0.5, 0.6) is 0 Å². The van der Waals surface area contributed by atoms with Crippen molar-refractivity contribution in [2.45, 2.75) is 53.0 Å². The lowest BCUT2D eigenvalue weighted by Gasteiger charge is -2.38. The third-order valence-corrected chi connectivity index (χ3v) is 4.89. The summed E-state index contributed by atoms with van der Waals surface area (Å²) in [5, 5.41) is 6.50. The minimum absolute atomic E-state index is 0.154. The van der Waals surface area contributed by atoms with Crippen LogP contribution >= 0.6 is 0 Å². The van der Waals surface area contributed by atoms with E-state index < -0.39 is 0 Å². The van der Waals surface area contributed by atoms with E-state index in [0.29, 0.717) is 17.9 Å². The molecule has 0 spiro atoms. The molecule has 1 heterocycles. The first-order chi connectivity index (χ1) is 8.99. The maximum atomic E-state index is 12.3. The Kier molecular flexibility index (Phi) is 4.67. The topological polar surface area (TPSA) is 41.1 Å². The molecular formula is C16H28N2O. The molecule has 0 aromatic carbocycles. The van der Waals surface area contributed by atoms with Gasteiger partial charge in [0.1, 0.15) is 0 Å². The van der Waals surface area contributed by atoms with Crippen molar-refractivity contribution in [2.75, 3.05) is 13.1 Å². The van der Waals surface area contributed by atoms with Crippen LogP contribution in [0.25, 0.3) is 0 Å². The van der Waals surface area contributed by atoms with Gasteiger partial charge in [0, 0.05) is 24.7 Å². The fraction of sp³-hybridized carbons (Fsp3) is 0.812. The fourth-order valence-corrected chi connectivity index (χ4v) is 3.32. The molecule has 1 aliphatic heterocycles. The van der Waals surface area contributed by atoms with Crippen LogP contribution in [0.15, 0.2) is 11.1 Å². The van der Waals surface area contributed by atoms with Gasteiger partial charge in [0.15, 0.2) is 0 Å². The monoisotopic (exact) mass is 264 g/mol. The fourth-order valence-electron chi connectivity index (χ4n) is 3.32. The molecule has 3 unspecified atom stereocenters. The number of carbonyl (C=O) groups excluding carboxylic acids is 1. The van der Waals surface area contributed by atoms with Gasteiger partial charge in [-0.25, -0.2) is 0 Å². The van der Waals surface area contributed by atoms with Crippen LogP contribution in [0.4, 0.5) is 0 Å². The molecule has 19 heavy (non-hydrogen) atoms. The highest BCUT2D eigenvalue weighted by molar-refractivity contribution is 5.94. The summed E-state index contributed by atoms with van der Waals surface area (Å²) in [6.45, 7) is 10.6. The molecule has 1 amide bonds. The molecule has 0 aromatic rings. The van der Waals surface area contributed by atoms with Gasteiger partial charge in [-0.05, 0) is 43.1 Å². The Morgan fingerprint density at radius 1 is 1.32 bits per heavy atom. The molecule has 2 N–H and O–H groups in total. The summed E-state index contributed by atoms with van der Waals surface area (Å²) in [5.74, 6) is 2.17. The van der Waals surface area contributed by atoms with Gasteiger partial charge in [0.2, 0.25) is 5.91 Å². The van der Waals surface area contributed by atoms with Crippen LogP contribution < -0.4 is 10.6 Å². The summed E-state index contributed by atoms with van der Waals surface area (Å²) in [4.78, 5) is 12.3. The molecule has 3 heteroatoms. The Bertz CT molecular complexity index is 367. The van der Waals surface area contributed by atoms with E-state index in [1.807, 2.05) is 6.92 Å². The van der Waals surface area contributed by atoms with Crippen LogP contribution in [0.2, 0.25) is 0 Å². The molecule has 0 bridgehead atoms. The van der Waals surface area contributed by atoms with Crippen molar-refractivity contribution in [3.63, 3.8) is 0 Å². The van der Waals surface area contributed by atoms with E-state index >= 15 is 0 Å². The zero-order valence-electron chi connectivity index (χ0n) is 12.8. The maximum Gasteiger partial charge on any atom is 0.247 e. The molecule has 2 rings (SSSR count). The van der Waals surface area contributed by atoms with Crippen LogP contribution in [0, 0.1) is 17.8 Å². The van der Waals surface area contributed by atoms with Gasteiger partial charge in [-0.1, -0.05) is 27.2 Å². The standard InChI is InChI=1S/C16H28N2O/c1-10(2)14-6-5-11(3)7-15(14)18-16(19)12(4)13-8-17-9-13/h10-11,14-15,17H,5-9H2,1-4H3,(H,18,19). The predicted octanol–water partition coefficient (Wildman–Crippen LogP) is 2.48. The van der Waals surface area contributed by atoms with Gasteiger partial charge < -0.3 is 10.6 Å². The maximum absolute atomic E-state index is 12.3. The van der Waals surface area contributed by atoms with Gasteiger partial charge >= 0.3 is 0 Å². The van der Waals surface area contributed by atoms with Crippen LogP contribution in [0.1, 0.15) is 47.0 Å². The summed E-state index contributed by atoms with van der Waals surface area (Å²) in [6, 6.07) is 0.361. The van der Waals surface area contributed by atoms with Crippen molar-refractivity contribution < 1.29 is 4.79 Å². The molecule has 0 aromatic heterocycles. The average molecular weight is 264 g/mol. The van der Waals surface area contributed by atoms with Crippen molar-refractivity contribution >= 4 is 5.91 Å². The number of hydrogen-bond acceptors (Lipinski definition) is 2. The Morgan fingerprint density at radius 2 is 2.00 bits per heavy atom. The van der Waals surface area contributed by atoms with Crippen molar-refractivity contribution in [2.24, 2.45) is 17.8 Å². The first kappa shape index (κ1) is 14.6. The molecule has 2 fully saturated rings. The second kappa shape index (κ2) is 6.08. The third kappa shape index (κ3) is 3.38. The van der Waals surface area contributed by atoms with E-state index in [4.69, 9.17) is 0 Å². The largest absolute Gasteiger partial charge is 0.349 e. The molecule has 1 saturated carbocycles. The number of rotatable bonds is 3. The van der Waals surface area contributed by atoms with Crippen LogP contribution in [0.3, 0.4) is 0 Å². The number of hydrogen-bond donors (Lipinski definition) is 2. The third-order valence-electron chi connectivity index (χ3n) is 4.89. The molecule has 0 radical (unpaired) electrons. The smallest absolute Gasteiger partial charge is 0.247 e. The van der Waals surface area contributed by atoms with Gasteiger partial charge in [0.25, 0.3) is 0 Å². The number of amides is 1. The predicted molar refractivity (Wildman–Crippen MR) is 78.8 cm³/mol. The summed E-state index contributed by atoms with van der Waals surface area (Å²) in [5.41, 5.74) is 2.20. The van der Waals surface area contributed by atoms with Crippen molar-refractivity contribution in [1.82, 2.24) is 10.6 Å². The molecule has 108 valence electrons. The molecular weight excluding hydrogens is 236 g/mol. The van der Waals surface area contributed by atoms with Crippen molar-refractivity contribution in [1.29, 1.82) is 0 Å². The van der Waals surface area contributed by atoms with Crippen LogP contribution in [-0.2, 0) is 4.79 Å². The molecule has 2 aliphatic rings. The SMILES string of the molecule is CC(C(=O)NC1CC(C)CCC1C(C)C)=C1CNC1. The highest BCUT2D eigenvalue weighted by Crippen LogP contribution is 2.33. The first-order valence-corrected chi connectivity index (χ1v) is 7.69. The second-order valence-electron chi connectivity index (χ2n) is 6.74. The minimum Gasteiger partial charge on any atom is -0.349 e. The summed E-state index contributed by atoms with van der Waals surface area (Å²) >= 11 is 0. The minimum atomic E-state index is 0.154. The van der Waals surface area contributed by atoms with Gasteiger partial charge in [0.05, 0.1) is 0 Å². The lowest BCUT2D eigenvalue weighted by molar-refractivity contribution is -0.119. The normalized spacial score (nSPS) is 31.0. The van der Waals surface area contributed by atoms with Gasteiger partial charge in [-0.2, -0.15) is 0 Å². The summed E-state index contributed by atoms with van der Waals surface area (Å²) < 4.78 is 0. The average Bonchev–Trinajstić information content (AvgIpc) is 2.26. The molecule has 3 nitrogen and oxygen atoms in total. The summed E-state index contributed by atoms with van der Waals surface area (Å²) in [7, 11) is 0. The second-order valence-corrected chi connectivity index (χ2v) is 6.74. The van der Waals surface area contributed by atoms with Gasteiger partial charge in [-0.3, -0.25) is 4.79 Å². The van der Waals surface area contributed by atoms with E-state index in [9.17, 15) is 4.79 Å².